The van der Waals surface area contributed by atoms with E-state index in [1.165, 1.54) is 6.07 Å². The number of hydrogen-bond donors (Lipinski definition) is 1. The van der Waals surface area contributed by atoms with Crippen molar-refractivity contribution in [3.05, 3.63) is 35.2 Å². The Morgan fingerprint density at radius 2 is 2.28 bits per heavy atom. The molecule has 0 radical (unpaired) electrons. The molecule has 1 N–H and O–H groups in total. The molecule has 0 spiro atoms. The highest BCUT2D eigenvalue weighted by molar-refractivity contribution is 7.07. The van der Waals surface area contributed by atoms with Gasteiger partial charge in [-0.1, -0.05) is 13.0 Å². The van der Waals surface area contributed by atoms with Crippen LogP contribution in [-0.4, -0.2) is 20.4 Å². The predicted octanol–water partition coefficient (Wildman–Crippen LogP) is 2.90. The molecule has 0 saturated heterocycles. The van der Waals surface area contributed by atoms with E-state index >= 15 is 0 Å². The summed E-state index contributed by atoms with van der Waals surface area (Å²) < 4.78 is 9.67. The molecule has 0 fully saturated rings. The van der Waals surface area contributed by atoms with Gasteiger partial charge in [-0.2, -0.15) is 9.36 Å². The van der Waals surface area contributed by atoms with Crippen molar-refractivity contribution >= 4 is 17.5 Å². The number of carbonyl (C=O) groups is 1. The van der Waals surface area contributed by atoms with E-state index in [0.29, 0.717) is 10.9 Å². The Bertz CT molecular complexity index is 580. The lowest BCUT2D eigenvalue weighted by Crippen LogP contribution is -1.97. The van der Waals surface area contributed by atoms with Crippen LogP contribution >= 0.6 is 11.5 Å². The fourth-order valence-electron chi connectivity index (χ4n) is 1.36. The van der Waals surface area contributed by atoms with Gasteiger partial charge >= 0.3 is 5.97 Å². The molecule has 1 aromatic carbocycles. The zero-order valence-corrected chi connectivity index (χ0v) is 10.8. The monoisotopic (exact) mass is 264 g/mol. The summed E-state index contributed by atoms with van der Waals surface area (Å²) in [5.74, 6) is 0.238. The van der Waals surface area contributed by atoms with E-state index in [2.05, 4.69) is 9.36 Å². The van der Waals surface area contributed by atoms with Gasteiger partial charge in [-0.05, 0) is 24.6 Å². The van der Waals surface area contributed by atoms with Gasteiger partial charge in [0.2, 0.25) is 0 Å². The fourth-order valence-corrected chi connectivity index (χ4v) is 1.99. The van der Waals surface area contributed by atoms with Crippen LogP contribution in [0.25, 0.3) is 0 Å². The van der Waals surface area contributed by atoms with Crippen LogP contribution in [0.4, 0.5) is 0 Å². The number of aromatic carboxylic acids is 1. The first-order valence-corrected chi connectivity index (χ1v) is 6.22. The van der Waals surface area contributed by atoms with Crippen molar-refractivity contribution in [3.8, 4) is 10.9 Å². The van der Waals surface area contributed by atoms with Crippen molar-refractivity contribution in [2.24, 2.45) is 0 Å². The minimum atomic E-state index is -0.980. The molecule has 0 atom stereocenters. The second-order valence-corrected chi connectivity index (χ2v) is 4.43. The van der Waals surface area contributed by atoms with E-state index in [9.17, 15) is 4.79 Å². The molecule has 0 bridgehead atoms. The van der Waals surface area contributed by atoms with Crippen LogP contribution in [0, 0.1) is 6.92 Å². The second-order valence-electron chi connectivity index (χ2n) is 3.72. The van der Waals surface area contributed by atoms with E-state index in [4.69, 9.17) is 9.84 Å². The Morgan fingerprint density at radius 3 is 2.89 bits per heavy atom. The SMILES string of the molecule is CCc1nsc(Oc2cc(C(=O)O)ccc2C)n1. The van der Waals surface area contributed by atoms with Gasteiger partial charge in [-0.15, -0.1) is 0 Å². The van der Waals surface area contributed by atoms with Crippen molar-refractivity contribution in [2.75, 3.05) is 0 Å². The van der Waals surface area contributed by atoms with Gasteiger partial charge in [-0.3, -0.25) is 0 Å². The summed E-state index contributed by atoms with van der Waals surface area (Å²) in [5.41, 5.74) is 1.05. The largest absolute Gasteiger partial charge is 0.478 e. The maximum Gasteiger partial charge on any atom is 0.335 e. The molecular formula is C12H12N2O3S. The first-order chi connectivity index (χ1) is 8.60. The Kier molecular flexibility index (Phi) is 3.57. The number of aryl methyl sites for hydroxylation is 2. The minimum absolute atomic E-state index is 0.191. The molecule has 0 unspecified atom stereocenters. The van der Waals surface area contributed by atoms with Gasteiger partial charge in [-0.25, -0.2) is 4.79 Å². The Hall–Kier alpha value is -1.95. The molecule has 2 aromatic rings. The quantitative estimate of drug-likeness (QED) is 0.919. The van der Waals surface area contributed by atoms with E-state index in [0.717, 1.165) is 29.3 Å². The molecule has 94 valence electrons. The average Bonchev–Trinajstić information content (AvgIpc) is 2.79. The van der Waals surface area contributed by atoms with Crippen molar-refractivity contribution in [1.82, 2.24) is 9.36 Å². The summed E-state index contributed by atoms with van der Waals surface area (Å²) in [4.78, 5) is 15.1. The number of rotatable bonds is 4. The molecule has 18 heavy (non-hydrogen) atoms. The van der Waals surface area contributed by atoms with Gasteiger partial charge in [0, 0.05) is 18.0 Å². The molecule has 0 aliphatic heterocycles. The number of carboxylic acids is 1. The highest BCUT2D eigenvalue weighted by Gasteiger charge is 2.10. The molecule has 0 aliphatic carbocycles. The lowest BCUT2D eigenvalue weighted by Gasteiger charge is -2.06. The summed E-state index contributed by atoms with van der Waals surface area (Å²) in [6, 6.07) is 4.74. The fraction of sp³-hybridized carbons (Fsp3) is 0.250. The third kappa shape index (κ3) is 2.65. The van der Waals surface area contributed by atoms with E-state index < -0.39 is 5.97 Å². The van der Waals surface area contributed by atoms with Gasteiger partial charge < -0.3 is 9.84 Å². The van der Waals surface area contributed by atoms with Crippen LogP contribution in [0.2, 0.25) is 0 Å². The van der Waals surface area contributed by atoms with Crippen LogP contribution in [0.3, 0.4) is 0 Å². The first-order valence-electron chi connectivity index (χ1n) is 5.44. The summed E-state index contributed by atoms with van der Waals surface area (Å²) in [7, 11) is 0. The maximum absolute atomic E-state index is 10.9. The number of aromatic nitrogens is 2. The Morgan fingerprint density at radius 1 is 1.50 bits per heavy atom. The second kappa shape index (κ2) is 5.14. The lowest BCUT2D eigenvalue weighted by atomic mass is 10.1. The number of nitrogens with zero attached hydrogens (tertiary/aromatic N) is 2. The maximum atomic E-state index is 10.9. The van der Waals surface area contributed by atoms with Gasteiger partial charge in [0.05, 0.1) is 5.56 Å². The normalized spacial score (nSPS) is 10.3. The molecule has 1 heterocycles. The lowest BCUT2D eigenvalue weighted by molar-refractivity contribution is 0.0696. The average molecular weight is 264 g/mol. The molecule has 0 saturated carbocycles. The highest BCUT2D eigenvalue weighted by atomic mass is 32.1. The number of carboxylic acid groups (broad SMARTS) is 1. The summed E-state index contributed by atoms with van der Waals surface area (Å²) in [6.45, 7) is 3.81. The Balaban J connectivity index is 2.27. The van der Waals surface area contributed by atoms with Crippen molar-refractivity contribution in [3.63, 3.8) is 0 Å². The molecule has 2 rings (SSSR count). The Labute approximate surface area is 108 Å². The van der Waals surface area contributed by atoms with E-state index in [-0.39, 0.29) is 5.56 Å². The summed E-state index contributed by atoms with van der Waals surface area (Å²) in [5, 5.41) is 9.36. The van der Waals surface area contributed by atoms with Crippen LogP contribution < -0.4 is 4.74 Å². The van der Waals surface area contributed by atoms with Crippen molar-refractivity contribution in [2.45, 2.75) is 20.3 Å². The topological polar surface area (TPSA) is 72.3 Å². The molecule has 0 aliphatic rings. The van der Waals surface area contributed by atoms with Crippen molar-refractivity contribution in [1.29, 1.82) is 0 Å². The highest BCUT2D eigenvalue weighted by Crippen LogP contribution is 2.27. The predicted molar refractivity (Wildman–Crippen MR) is 67.5 cm³/mol. The van der Waals surface area contributed by atoms with E-state index in [1.54, 1.807) is 12.1 Å². The molecule has 6 heteroatoms. The third-order valence-electron chi connectivity index (χ3n) is 2.40. The molecule has 5 nitrogen and oxygen atoms in total. The molecule has 1 aromatic heterocycles. The van der Waals surface area contributed by atoms with Crippen LogP contribution in [0.15, 0.2) is 18.2 Å². The summed E-state index contributed by atoms with van der Waals surface area (Å²) in [6.07, 6.45) is 0.744. The van der Waals surface area contributed by atoms with Crippen LogP contribution in [0.5, 0.6) is 10.9 Å². The van der Waals surface area contributed by atoms with E-state index in [1.807, 2.05) is 13.8 Å². The number of hydrogen-bond acceptors (Lipinski definition) is 5. The van der Waals surface area contributed by atoms with Crippen LogP contribution in [0.1, 0.15) is 28.7 Å². The van der Waals surface area contributed by atoms with Gasteiger partial charge in [0.25, 0.3) is 5.19 Å². The van der Waals surface area contributed by atoms with Gasteiger partial charge in [0.1, 0.15) is 11.6 Å². The van der Waals surface area contributed by atoms with Crippen molar-refractivity contribution < 1.29 is 14.6 Å². The molecule has 0 amide bonds. The zero-order valence-electron chi connectivity index (χ0n) is 10.0. The zero-order chi connectivity index (χ0) is 13.1. The molecular weight excluding hydrogens is 252 g/mol. The first kappa shape index (κ1) is 12.5. The third-order valence-corrected chi connectivity index (χ3v) is 3.03. The standard InChI is InChI=1S/C12H12N2O3S/c1-3-10-13-12(18-14-10)17-9-6-8(11(15)16)5-4-7(9)2/h4-6H,3H2,1-2H3,(H,15,16). The number of ether oxygens (including phenoxy) is 1. The number of benzene rings is 1. The summed E-state index contributed by atoms with van der Waals surface area (Å²) >= 11 is 1.16. The van der Waals surface area contributed by atoms with Crippen LogP contribution in [-0.2, 0) is 6.42 Å². The van der Waals surface area contributed by atoms with Gasteiger partial charge in [0.15, 0.2) is 0 Å². The smallest absolute Gasteiger partial charge is 0.335 e. The minimum Gasteiger partial charge on any atom is -0.478 e.